The predicted octanol–water partition coefficient (Wildman–Crippen LogP) is -0.506. The van der Waals surface area contributed by atoms with Gasteiger partial charge in [-0.25, -0.2) is 4.57 Å². The van der Waals surface area contributed by atoms with E-state index < -0.39 is 13.9 Å². The van der Waals surface area contributed by atoms with Gasteiger partial charge in [0.1, 0.15) is 6.10 Å². The normalized spacial score (nSPS) is 43.6. The minimum absolute atomic E-state index is 0.00965. The minimum Gasteiger partial charge on any atom is -0.394 e. The third-order valence-corrected chi connectivity index (χ3v) is 1.95. The van der Waals surface area contributed by atoms with Crippen LogP contribution < -0.4 is 0 Å². The fourth-order valence-corrected chi connectivity index (χ4v) is 1.43. The van der Waals surface area contributed by atoms with E-state index in [1.165, 1.54) is 0 Å². The fraction of sp³-hybridized carbons (Fsp3) is 1.00. The first kappa shape index (κ1) is 7.18. The van der Waals surface area contributed by atoms with Gasteiger partial charge in [0.05, 0.1) is 13.2 Å². The first-order valence-corrected chi connectivity index (χ1v) is 3.90. The van der Waals surface area contributed by atoms with Gasteiger partial charge in [-0.05, 0) is 0 Å². The van der Waals surface area contributed by atoms with Crippen LogP contribution >= 0.6 is 7.82 Å². The Bertz CT molecular complexity index is 145. The summed E-state index contributed by atoms with van der Waals surface area (Å²) in [6, 6.07) is 0. The van der Waals surface area contributed by atoms with Crippen molar-refractivity contribution in [2.24, 2.45) is 0 Å². The third kappa shape index (κ3) is 1.74. The Labute approximate surface area is 51.8 Å². The number of hydrogen-bond donors (Lipinski definition) is 2. The minimum atomic E-state index is -3.78. The molecule has 5 nitrogen and oxygen atoms in total. The molecule has 0 radical (unpaired) electrons. The monoisotopic (exact) mass is 154 g/mol. The average Bonchev–Trinajstić information content (AvgIpc) is 2.10. The second kappa shape index (κ2) is 2.36. The van der Waals surface area contributed by atoms with Gasteiger partial charge in [-0.1, -0.05) is 0 Å². The van der Waals surface area contributed by atoms with E-state index >= 15 is 0 Å². The number of phosphoric ester groups is 1. The molecule has 1 heterocycles. The van der Waals surface area contributed by atoms with E-state index in [0.717, 1.165) is 0 Å². The standard InChI is InChI=1S/C3H7O5P/c4-1-3-2-7-9(5,6)8-3/h3-4H,1-2H2,(H,5,6). The number of aliphatic hydroxyl groups excluding tert-OH is 1. The van der Waals surface area contributed by atoms with Crippen molar-refractivity contribution in [2.45, 2.75) is 6.10 Å². The zero-order valence-corrected chi connectivity index (χ0v) is 5.45. The van der Waals surface area contributed by atoms with Crippen LogP contribution in [0.2, 0.25) is 0 Å². The van der Waals surface area contributed by atoms with Gasteiger partial charge in [-0.3, -0.25) is 9.05 Å². The van der Waals surface area contributed by atoms with Gasteiger partial charge >= 0.3 is 7.82 Å². The van der Waals surface area contributed by atoms with Gasteiger partial charge in [0.15, 0.2) is 0 Å². The Morgan fingerprint density at radius 2 is 2.44 bits per heavy atom. The lowest BCUT2D eigenvalue weighted by Gasteiger charge is -2.00. The van der Waals surface area contributed by atoms with Crippen LogP contribution in [0.4, 0.5) is 0 Å². The second-order valence-electron chi connectivity index (χ2n) is 1.67. The van der Waals surface area contributed by atoms with Gasteiger partial charge in [-0.15, -0.1) is 0 Å². The summed E-state index contributed by atoms with van der Waals surface area (Å²) in [5.74, 6) is 0. The summed E-state index contributed by atoms with van der Waals surface area (Å²) in [7, 11) is -3.78. The average molecular weight is 154 g/mol. The molecule has 0 aliphatic carbocycles. The quantitative estimate of drug-likeness (QED) is 0.497. The summed E-state index contributed by atoms with van der Waals surface area (Å²) >= 11 is 0. The van der Waals surface area contributed by atoms with E-state index in [4.69, 9.17) is 10.00 Å². The molecule has 2 atom stereocenters. The van der Waals surface area contributed by atoms with Crippen LogP contribution in [-0.4, -0.2) is 29.3 Å². The van der Waals surface area contributed by atoms with Gasteiger partial charge in [0.25, 0.3) is 0 Å². The predicted molar refractivity (Wildman–Crippen MR) is 27.7 cm³/mol. The van der Waals surface area contributed by atoms with Crippen molar-refractivity contribution in [3.8, 4) is 0 Å². The van der Waals surface area contributed by atoms with Crippen LogP contribution in [0.3, 0.4) is 0 Å². The molecule has 0 aromatic carbocycles. The smallest absolute Gasteiger partial charge is 0.394 e. The largest absolute Gasteiger partial charge is 0.472 e. The zero-order valence-electron chi connectivity index (χ0n) is 4.56. The van der Waals surface area contributed by atoms with Crippen molar-refractivity contribution in [1.82, 2.24) is 0 Å². The van der Waals surface area contributed by atoms with Gasteiger partial charge in [-0.2, -0.15) is 0 Å². The van der Waals surface area contributed by atoms with Crippen LogP contribution in [-0.2, 0) is 13.6 Å². The van der Waals surface area contributed by atoms with E-state index in [-0.39, 0.29) is 13.2 Å². The first-order chi connectivity index (χ1) is 4.14. The molecular weight excluding hydrogens is 147 g/mol. The Morgan fingerprint density at radius 1 is 1.78 bits per heavy atom. The van der Waals surface area contributed by atoms with Crippen molar-refractivity contribution >= 4 is 7.82 Å². The van der Waals surface area contributed by atoms with E-state index in [0.29, 0.717) is 0 Å². The molecule has 54 valence electrons. The van der Waals surface area contributed by atoms with Crippen LogP contribution in [0.15, 0.2) is 0 Å². The molecule has 1 aliphatic heterocycles. The maximum absolute atomic E-state index is 10.4. The van der Waals surface area contributed by atoms with Crippen LogP contribution in [0.25, 0.3) is 0 Å². The molecule has 1 rings (SSSR count). The lowest BCUT2D eigenvalue weighted by Crippen LogP contribution is -2.13. The maximum Gasteiger partial charge on any atom is 0.472 e. The van der Waals surface area contributed by atoms with Crippen LogP contribution in [0.5, 0.6) is 0 Å². The molecule has 6 heteroatoms. The highest BCUT2D eigenvalue weighted by atomic mass is 31.2. The summed E-state index contributed by atoms with van der Waals surface area (Å²) in [6.45, 7) is -0.297. The summed E-state index contributed by atoms with van der Waals surface area (Å²) in [5, 5.41) is 8.36. The highest BCUT2D eigenvalue weighted by molar-refractivity contribution is 7.47. The SMILES string of the molecule is O=P1(O)OCC(CO)O1. The fourth-order valence-electron chi connectivity index (χ4n) is 0.513. The second-order valence-corrected chi connectivity index (χ2v) is 3.08. The topological polar surface area (TPSA) is 76.0 Å². The van der Waals surface area contributed by atoms with E-state index in [1.54, 1.807) is 0 Å². The lowest BCUT2D eigenvalue weighted by molar-refractivity contribution is 0.128. The molecule has 0 aromatic rings. The summed E-state index contributed by atoms with van der Waals surface area (Å²) in [6.07, 6.45) is -0.638. The Kier molecular flexibility index (Phi) is 1.88. The lowest BCUT2D eigenvalue weighted by atomic mass is 10.4. The molecule has 0 aromatic heterocycles. The van der Waals surface area contributed by atoms with Gasteiger partial charge in [0.2, 0.25) is 0 Å². The molecule has 9 heavy (non-hydrogen) atoms. The number of hydrogen-bond acceptors (Lipinski definition) is 4. The molecular formula is C3H7O5P. The summed E-state index contributed by atoms with van der Waals surface area (Å²) in [4.78, 5) is 8.50. The number of rotatable bonds is 1. The molecule has 2 N–H and O–H groups in total. The molecule has 1 aliphatic rings. The first-order valence-electron chi connectivity index (χ1n) is 2.40. The van der Waals surface area contributed by atoms with Gasteiger partial charge in [0, 0.05) is 0 Å². The number of phosphoric acid groups is 1. The van der Waals surface area contributed by atoms with E-state index in [2.05, 4.69) is 9.05 Å². The van der Waals surface area contributed by atoms with Crippen molar-refractivity contribution in [3.05, 3.63) is 0 Å². The third-order valence-electron chi connectivity index (χ3n) is 0.909. The molecule has 1 fully saturated rings. The Balaban J connectivity index is 2.47. The summed E-state index contributed by atoms with van der Waals surface area (Å²) in [5.41, 5.74) is 0. The van der Waals surface area contributed by atoms with Crippen molar-refractivity contribution < 1.29 is 23.6 Å². The summed E-state index contributed by atoms with van der Waals surface area (Å²) < 4.78 is 19.0. The Morgan fingerprint density at radius 3 is 2.67 bits per heavy atom. The van der Waals surface area contributed by atoms with Crippen LogP contribution in [0, 0.1) is 0 Å². The number of aliphatic hydroxyl groups is 1. The molecule has 0 spiro atoms. The zero-order chi connectivity index (χ0) is 6.91. The van der Waals surface area contributed by atoms with Crippen molar-refractivity contribution in [2.75, 3.05) is 13.2 Å². The molecule has 1 saturated heterocycles. The van der Waals surface area contributed by atoms with Crippen LogP contribution in [0.1, 0.15) is 0 Å². The molecule has 0 saturated carbocycles. The highest BCUT2D eigenvalue weighted by Gasteiger charge is 2.34. The van der Waals surface area contributed by atoms with Crippen molar-refractivity contribution in [3.63, 3.8) is 0 Å². The van der Waals surface area contributed by atoms with Crippen molar-refractivity contribution in [1.29, 1.82) is 0 Å². The highest BCUT2D eigenvalue weighted by Crippen LogP contribution is 2.49. The van der Waals surface area contributed by atoms with Gasteiger partial charge < -0.3 is 10.00 Å². The van der Waals surface area contributed by atoms with E-state index in [9.17, 15) is 4.57 Å². The molecule has 0 bridgehead atoms. The van der Waals surface area contributed by atoms with E-state index in [1.807, 2.05) is 0 Å². The molecule has 0 amide bonds. The molecule has 2 unspecified atom stereocenters. The Hall–Kier alpha value is 0.0700. The maximum atomic E-state index is 10.4.